The first-order valence-corrected chi connectivity index (χ1v) is 9.72. The fourth-order valence-corrected chi connectivity index (χ4v) is 2.97. The van der Waals surface area contributed by atoms with Crippen LogP contribution in [0.4, 0.5) is 8.78 Å². The summed E-state index contributed by atoms with van der Waals surface area (Å²) in [4.78, 5) is 46.0. The third-order valence-corrected chi connectivity index (χ3v) is 4.72. The zero-order valence-corrected chi connectivity index (χ0v) is 18.2. The van der Waals surface area contributed by atoms with Gasteiger partial charge in [-0.05, 0) is 30.7 Å². The number of nitrogens with zero attached hydrogens (tertiary/aromatic N) is 4. The molecule has 0 atom stereocenters. The Labute approximate surface area is 194 Å². The maximum Gasteiger partial charge on any atom is 0.314 e. The van der Waals surface area contributed by atoms with E-state index in [4.69, 9.17) is 27.3 Å². The second kappa shape index (κ2) is 9.24. The Morgan fingerprint density at radius 3 is 2.65 bits per heavy atom. The Kier molecular flexibility index (Phi) is 6.60. The lowest BCUT2D eigenvalue weighted by Gasteiger charge is -2.20. The molecular weight excluding hydrogens is 474 g/mol. The molecule has 1 amide bonds. The first-order chi connectivity index (χ1) is 15.9. The molecule has 0 aliphatic rings. The van der Waals surface area contributed by atoms with Crippen LogP contribution in [0.3, 0.4) is 0 Å². The van der Waals surface area contributed by atoms with E-state index in [9.17, 15) is 23.2 Å². The number of H-pyrrole nitrogens is 1. The van der Waals surface area contributed by atoms with Crippen LogP contribution >= 0.6 is 11.6 Å². The zero-order chi connectivity index (χ0) is 25.2. The maximum absolute atomic E-state index is 14.8. The Morgan fingerprint density at radius 2 is 2.06 bits per heavy atom. The molecule has 0 unspecified atom stereocenters. The third kappa shape index (κ3) is 4.84. The molecule has 3 N–H and O–H groups in total. The fraction of sp³-hybridized carbons (Fsp3) is 0.143. The standard InChI is InChI=1S/C21H15ClF2N6O4/c1-10(2)21(23,24)16-15(34-14-4-11(6-25)3-13(22)5-14)20(33)30(9-28-16)8-12-7-27-18(17(26)31)29-19(12)32/h3-5,7,9H,1,8H2,2H3,(H2,26,31)(H,27,29,32). The molecule has 0 bridgehead atoms. The highest BCUT2D eigenvalue weighted by Gasteiger charge is 2.39. The number of alkyl halides is 2. The van der Waals surface area contributed by atoms with Crippen LogP contribution in [0.1, 0.15) is 34.4 Å². The molecule has 3 rings (SSSR count). The van der Waals surface area contributed by atoms with Crippen molar-refractivity contribution in [1.29, 1.82) is 5.26 Å². The van der Waals surface area contributed by atoms with Gasteiger partial charge >= 0.3 is 5.92 Å². The van der Waals surface area contributed by atoms with Crippen molar-refractivity contribution in [3.05, 3.63) is 91.3 Å². The van der Waals surface area contributed by atoms with Crippen molar-refractivity contribution in [2.75, 3.05) is 0 Å². The molecule has 0 saturated heterocycles. The lowest BCUT2D eigenvalue weighted by Crippen LogP contribution is -2.30. The molecule has 2 aromatic heterocycles. The van der Waals surface area contributed by atoms with Crippen molar-refractivity contribution in [3.8, 4) is 17.6 Å². The minimum absolute atomic E-state index is 0.0621. The number of hydrogen-bond acceptors (Lipinski definition) is 7. The molecule has 0 aliphatic heterocycles. The van der Waals surface area contributed by atoms with Crippen LogP contribution in [0.5, 0.6) is 11.5 Å². The number of nitrogens with two attached hydrogens (primary N) is 1. The number of hydrogen-bond donors (Lipinski definition) is 2. The van der Waals surface area contributed by atoms with E-state index in [-0.39, 0.29) is 21.9 Å². The van der Waals surface area contributed by atoms with Gasteiger partial charge < -0.3 is 15.5 Å². The maximum atomic E-state index is 14.8. The fourth-order valence-electron chi connectivity index (χ4n) is 2.75. The Morgan fingerprint density at radius 1 is 1.35 bits per heavy atom. The first kappa shape index (κ1) is 24.3. The predicted molar refractivity (Wildman–Crippen MR) is 116 cm³/mol. The van der Waals surface area contributed by atoms with Crippen LogP contribution in [-0.4, -0.2) is 25.4 Å². The number of primary amides is 1. The van der Waals surface area contributed by atoms with Gasteiger partial charge in [-0.15, -0.1) is 0 Å². The van der Waals surface area contributed by atoms with E-state index in [1.165, 1.54) is 18.2 Å². The first-order valence-electron chi connectivity index (χ1n) is 9.34. The molecule has 13 heteroatoms. The summed E-state index contributed by atoms with van der Waals surface area (Å²) >= 11 is 5.94. The van der Waals surface area contributed by atoms with Gasteiger partial charge in [-0.2, -0.15) is 14.0 Å². The van der Waals surface area contributed by atoms with Crippen molar-refractivity contribution in [3.63, 3.8) is 0 Å². The molecule has 1 aromatic carbocycles. The second-order valence-corrected chi connectivity index (χ2v) is 7.49. The number of carbonyl (C=O) groups excluding carboxylic acids is 1. The molecule has 0 fully saturated rings. The van der Waals surface area contributed by atoms with Gasteiger partial charge in [0.25, 0.3) is 17.0 Å². The number of amides is 1. The molecule has 2 heterocycles. The van der Waals surface area contributed by atoms with Gasteiger partial charge in [0.2, 0.25) is 5.75 Å². The normalized spacial score (nSPS) is 11.0. The van der Waals surface area contributed by atoms with Crippen LogP contribution in [0.2, 0.25) is 5.02 Å². The second-order valence-electron chi connectivity index (χ2n) is 7.05. The van der Waals surface area contributed by atoms with Gasteiger partial charge in [0.15, 0.2) is 11.5 Å². The Hall–Kier alpha value is -4.37. The zero-order valence-electron chi connectivity index (χ0n) is 17.4. The number of aromatic amines is 1. The average Bonchev–Trinajstić information content (AvgIpc) is 2.76. The molecule has 174 valence electrons. The van der Waals surface area contributed by atoms with E-state index < -0.39 is 52.3 Å². The lowest BCUT2D eigenvalue weighted by atomic mass is 10.1. The molecule has 10 nitrogen and oxygen atoms in total. The van der Waals surface area contributed by atoms with E-state index in [0.29, 0.717) is 0 Å². The van der Waals surface area contributed by atoms with Crippen molar-refractivity contribution >= 4 is 17.5 Å². The molecule has 3 aromatic rings. The third-order valence-electron chi connectivity index (χ3n) is 4.50. The summed E-state index contributed by atoms with van der Waals surface area (Å²) in [6, 6.07) is 5.56. The van der Waals surface area contributed by atoms with Gasteiger partial charge in [-0.1, -0.05) is 18.2 Å². The topological polar surface area (TPSA) is 157 Å². The summed E-state index contributed by atoms with van der Waals surface area (Å²) < 4.78 is 35.9. The van der Waals surface area contributed by atoms with Crippen molar-refractivity contribution in [1.82, 2.24) is 19.5 Å². The molecule has 0 spiro atoms. The van der Waals surface area contributed by atoms with Crippen molar-refractivity contribution in [2.45, 2.75) is 19.4 Å². The number of aromatic nitrogens is 4. The highest BCUT2D eigenvalue weighted by molar-refractivity contribution is 6.30. The lowest BCUT2D eigenvalue weighted by molar-refractivity contribution is 0.0309. The van der Waals surface area contributed by atoms with E-state index in [2.05, 4.69) is 21.5 Å². The van der Waals surface area contributed by atoms with Gasteiger partial charge in [-0.3, -0.25) is 19.0 Å². The number of halogens is 3. The van der Waals surface area contributed by atoms with Crippen molar-refractivity contribution < 1.29 is 18.3 Å². The summed E-state index contributed by atoms with van der Waals surface area (Å²) in [5.41, 5.74) is 1.56. The summed E-state index contributed by atoms with van der Waals surface area (Å²) in [6.07, 6.45) is 1.82. The summed E-state index contributed by atoms with van der Waals surface area (Å²) in [5, 5.41) is 9.18. The Balaban J connectivity index is 2.15. The SMILES string of the molecule is C=C(C)C(F)(F)c1ncn(Cc2cnc(C(N)=O)[nH]c2=O)c(=O)c1Oc1cc(Cl)cc(C#N)c1. The molecule has 0 radical (unpaired) electrons. The summed E-state index contributed by atoms with van der Waals surface area (Å²) in [5.74, 6) is -6.13. The van der Waals surface area contributed by atoms with Crippen molar-refractivity contribution in [2.24, 2.45) is 5.73 Å². The number of ether oxygens (including phenoxy) is 1. The van der Waals surface area contributed by atoms with Gasteiger partial charge in [-0.25, -0.2) is 9.97 Å². The van der Waals surface area contributed by atoms with Crippen LogP contribution in [0.25, 0.3) is 0 Å². The largest absolute Gasteiger partial charge is 0.449 e. The summed E-state index contributed by atoms with van der Waals surface area (Å²) in [7, 11) is 0. The molecule has 0 aliphatic carbocycles. The highest BCUT2D eigenvalue weighted by atomic mass is 35.5. The quantitative estimate of drug-likeness (QED) is 0.483. The summed E-state index contributed by atoms with van der Waals surface area (Å²) in [6.45, 7) is 3.84. The average molecular weight is 489 g/mol. The van der Waals surface area contributed by atoms with Crippen LogP contribution in [0.15, 0.2) is 52.5 Å². The van der Waals surface area contributed by atoms with Crippen LogP contribution in [0, 0.1) is 11.3 Å². The van der Waals surface area contributed by atoms with Crippen LogP contribution < -0.4 is 21.6 Å². The van der Waals surface area contributed by atoms with Crippen LogP contribution in [-0.2, 0) is 12.5 Å². The number of nitriles is 1. The number of benzene rings is 1. The Bertz CT molecular complexity index is 1480. The highest BCUT2D eigenvalue weighted by Crippen LogP contribution is 2.38. The molecular formula is C21H15ClF2N6O4. The van der Waals surface area contributed by atoms with E-state index in [1.807, 2.05) is 6.07 Å². The number of allylic oxidation sites excluding steroid dienone is 1. The minimum Gasteiger partial charge on any atom is -0.449 e. The van der Waals surface area contributed by atoms with Gasteiger partial charge in [0.1, 0.15) is 5.75 Å². The van der Waals surface area contributed by atoms with Gasteiger partial charge in [0.05, 0.1) is 30.1 Å². The molecule has 34 heavy (non-hydrogen) atoms. The van der Waals surface area contributed by atoms with E-state index >= 15 is 0 Å². The van der Waals surface area contributed by atoms with Gasteiger partial charge in [0, 0.05) is 11.2 Å². The predicted octanol–water partition coefficient (Wildman–Crippen LogP) is 2.46. The van der Waals surface area contributed by atoms with E-state index in [1.54, 1.807) is 0 Å². The smallest absolute Gasteiger partial charge is 0.314 e. The number of rotatable bonds is 7. The monoisotopic (exact) mass is 488 g/mol. The number of nitrogens with one attached hydrogen (secondary N) is 1. The van der Waals surface area contributed by atoms with E-state index in [0.717, 1.165) is 24.0 Å². The number of carbonyl (C=O) groups is 1. The molecule has 0 saturated carbocycles. The minimum atomic E-state index is -3.74.